The molecule has 0 saturated carbocycles. The highest BCUT2D eigenvalue weighted by Gasteiger charge is 2.18. The van der Waals surface area contributed by atoms with Crippen molar-refractivity contribution in [3.05, 3.63) is 87.4 Å². The highest BCUT2D eigenvalue weighted by molar-refractivity contribution is 9.10. The number of nitrogens with one attached hydrogen (secondary N) is 1. The van der Waals surface area contributed by atoms with Gasteiger partial charge >= 0.3 is 0 Å². The fraction of sp³-hybridized carbons (Fsp3) is 0.167. The second-order valence-corrected chi connectivity index (χ2v) is 8.41. The van der Waals surface area contributed by atoms with Crippen molar-refractivity contribution in [3.8, 4) is 11.3 Å². The monoisotopic (exact) mass is 465 g/mol. The maximum atomic E-state index is 13.8. The molecule has 0 fully saturated rings. The van der Waals surface area contributed by atoms with Crippen LogP contribution >= 0.6 is 15.9 Å². The van der Waals surface area contributed by atoms with E-state index < -0.39 is 0 Å². The minimum atomic E-state index is -0.261. The average Bonchev–Trinajstić information content (AvgIpc) is 3.04. The first-order valence-electron chi connectivity index (χ1n) is 9.62. The molecular formula is C24H21BrFN3O. The molecule has 30 heavy (non-hydrogen) atoms. The number of amides is 1. The van der Waals surface area contributed by atoms with Crippen LogP contribution in [0.3, 0.4) is 0 Å². The minimum Gasteiger partial charge on any atom is -0.326 e. The highest BCUT2D eigenvalue weighted by atomic mass is 79.9. The van der Waals surface area contributed by atoms with Crippen LogP contribution in [0.2, 0.25) is 0 Å². The lowest BCUT2D eigenvalue weighted by Crippen LogP contribution is -2.16. The lowest BCUT2D eigenvalue weighted by atomic mass is 10.1. The maximum absolute atomic E-state index is 13.8. The van der Waals surface area contributed by atoms with Gasteiger partial charge in [0.2, 0.25) is 5.91 Å². The number of halogens is 2. The van der Waals surface area contributed by atoms with Crippen LogP contribution in [0.5, 0.6) is 0 Å². The van der Waals surface area contributed by atoms with Gasteiger partial charge < -0.3 is 9.72 Å². The Kier molecular flexibility index (Phi) is 5.43. The summed E-state index contributed by atoms with van der Waals surface area (Å²) >= 11 is 3.44. The predicted molar refractivity (Wildman–Crippen MR) is 121 cm³/mol. The van der Waals surface area contributed by atoms with E-state index in [1.807, 2.05) is 54.8 Å². The molecule has 2 aromatic carbocycles. The number of aryl methyl sites for hydroxylation is 3. The summed E-state index contributed by atoms with van der Waals surface area (Å²) in [6, 6.07) is 14.6. The van der Waals surface area contributed by atoms with E-state index in [1.165, 1.54) is 6.07 Å². The Labute approximate surface area is 182 Å². The first kappa shape index (κ1) is 20.3. The standard InChI is InChI=1S/C24H21BrFN3O/c1-14-4-9-22-28-24(17-5-7-19(26)15(2)10-17)21(29(22)13-14)12-23(30)27-20-8-6-18(25)11-16(20)3/h4-11,13H,12H2,1-3H3,(H,27,30). The summed E-state index contributed by atoms with van der Waals surface area (Å²) in [7, 11) is 0. The summed E-state index contributed by atoms with van der Waals surface area (Å²) in [6.07, 6.45) is 2.11. The molecule has 0 aliphatic heterocycles. The van der Waals surface area contributed by atoms with Crippen LogP contribution in [0.15, 0.2) is 59.2 Å². The molecule has 0 atom stereocenters. The van der Waals surface area contributed by atoms with Gasteiger partial charge in [-0.3, -0.25) is 4.79 Å². The third-order valence-corrected chi connectivity index (χ3v) is 5.58. The molecule has 0 radical (unpaired) electrons. The fourth-order valence-corrected chi connectivity index (χ4v) is 3.98. The molecule has 1 amide bonds. The molecule has 0 aliphatic carbocycles. The van der Waals surface area contributed by atoms with Crippen molar-refractivity contribution in [1.29, 1.82) is 0 Å². The van der Waals surface area contributed by atoms with Crippen LogP contribution < -0.4 is 5.32 Å². The zero-order chi connectivity index (χ0) is 21.4. The summed E-state index contributed by atoms with van der Waals surface area (Å²) in [5.74, 6) is -0.396. The van der Waals surface area contributed by atoms with Crippen molar-refractivity contribution in [2.45, 2.75) is 27.2 Å². The predicted octanol–water partition coefficient (Wildman–Crippen LogP) is 6.01. The van der Waals surface area contributed by atoms with Gasteiger partial charge in [-0.15, -0.1) is 0 Å². The van der Waals surface area contributed by atoms with Crippen molar-refractivity contribution >= 4 is 33.2 Å². The molecule has 152 valence electrons. The number of carbonyl (C=O) groups excluding carboxylic acids is 1. The molecule has 0 unspecified atom stereocenters. The van der Waals surface area contributed by atoms with E-state index in [-0.39, 0.29) is 18.1 Å². The van der Waals surface area contributed by atoms with E-state index in [4.69, 9.17) is 4.98 Å². The average molecular weight is 466 g/mol. The van der Waals surface area contributed by atoms with Crippen molar-refractivity contribution in [2.75, 3.05) is 5.32 Å². The van der Waals surface area contributed by atoms with Gasteiger partial charge in [-0.25, -0.2) is 9.37 Å². The number of fused-ring (bicyclic) bond motifs is 1. The second kappa shape index (κ2) is 8.03. The van der Waals surface area contributed by atoms with Crippen LogP contribution in [-0.2, 0) is 11.2 Å². The maximum Gasteiger partial charge on any atom is 0.230 e. The number of aromatic nitrogens is 2. The lowest BCUT2D eigenvalue weighted by molar-refractivity contribution is -0.115. The number of hydrogen-bond donors (Lipinski definition) is 1. The molecule has 1 N–H and O–H groups in total. The van der Waals surface area contributed by atoms with Gasteiger partial charge in [-0.1, -0.05) is 22.0 Å². The highest BCUT2D eigenvalue weighted by Crippen LogP contribution is 2.28. The van der Waals surface area contributed by atoms with Gasteiger partial charge in [-0.2, -0.15) is 0 Å². The molecule has 2 heterocycles. The van der Waals surface area contributed by atoms with E-state index in [1.54, 1.807) is 19.1 Å². The minimum absolute atomic E-state index is 0.135. The van der Waals surface area contributed by atoms with E-state index in [2.05, 4.69) is 21.2 Å². The van der Waals surface area contributed by atoms with Gasteiger partial charge in [0.1, 0.15) is 11.5 Å². The Morgan fingerprint density at radius 1 is 1.07 bits per heavy atom. The van der Waals surface area contributed by atoms with Crippen LogP contribution in [0.1, 0.15) is 22.4 Å². The van der Waals surface area contributed by atoms with Crippen molar-refractivity contribution in [1.82, 2.24) is 9.38 Å². The second-order valence-electron chi connectivity index (χ2n) is 7.49. The van der Waals surface area contributed by atoms with E-state index in [9.17, 15) is 9.18 Å². The molecule has 0 bridgehead atoms. The number of rotatable bonds is 4. The number of imidazole rings is 1. The number of pyridine rings is 1. The number of nitrogens with zero attached hydrogens (tertiary/aromatic N) is 2. The molecule has 2 aromatic heterocycles. The zero-order valence-electron chi connectivity index (χ0n) is 17.0. The fourth-order valence-electron chi connectivity index (χ4n) is 3.51. The van der Waals surface area contributed by atoms with Gasteiger partial charge in [0.05, 0.1) is 17.8 Å². The summed E-state index contributed by atoms with van der Waals surface area (Å²) in [5, 5.41) is 2.99. The summed E-state index contributed by atoms with van der Waals surface area (Å²) in [5.41, 5.74) is 6.35. The molecule has 4 nitrogen and oxygen atoms in total. The lowest BCUT2D eigenvalue weighted by Gasteiger charge is -2.10. The molecule has 4 aromatic rings. The van der Waals surface area contributed by atoms with E-state index >= 15 is 0 Å². The van der Waals surface area contributed by atoms with Crippen molar-refractivity contribution in [3.63, 3.8) is 0 Å². The third kappa shape index (κ3) is 4.00. The first-order chi connectivity index (χ1) is 14.3. The number of carbonyl (C=O) groups is 1. The van der Waals surface area contributed by atoms with Gasteiger partial charge in [-0.05, 0) is 79.9 Å². The topological polar surface area (TPSA) is 46.4 Å². The van der Waals surface area contributed by atoms with Crippen molar-refractivity contribution in [2.24, 2.45) is 0 Å². The van der Waals surface area contributed by atoms with E-state index in [0.29, 0.717) is 11.3 Å². The molecule has 0 aliphatic rings. The van der Waals surface area contributed by atoms with Gasteiger partial charge in [0.25, 0.3) is 0 Å². The van der Waals surface area contributed by atoms with E-state index in [0.717, 1.165) is 38.2 Å². The quantitative estimate of drug-likeness (QED) is 0.401. The Morgan fingerprint density at radius 2 is 1.87 bits per heavy atom. The largest absolute Gasteiger partial charge is 0.326 e. The Balaban J connectivity index is 1.75. The number of anilines is 1. The molecule has 6 heteroatoms. The Hall–Kier alpha value is -2.99. The first-order valence-corrected chi connectivity index (χ1v) is 10.4. The Morgan fingerprint density at radius 3 is 2.60 bits per heavy atom. The molecular weight excluding hydrogens is 445 g/mol. The SMILES string of the molecule is Cc1ccc2nc(-c3ccc(F)c(C)c3)c(CC(=O)Nc3ccc(Br)cc3C)n2c1. The number of hydrogen-bond acceptors (Lipinski definition) is 2. The van der Waals surface area contributed by atoms with Crippen molar-refractivity contribution < 1.29 is 9.18 Å². The molecule has 0 spiro atoms. The van der Waals surface area contributed by atoms with Crippen LogP contribution in [0, 0.1) is 26.6 Å². The zero-order valence-corrected chi connectivity index (χ0v) is 18.5. The third-order valence-electron chi connectivity index (χ3n) is 5.09. The van der Waals surface area contributed by atoms with Crippen LogP contribution in [-0.4, -0.2) is 15.3 Å². The van der Waals surface area contributed by atoms with Crippen LogP contribution in [0.25, 0.3) is 16.9 Å². The van der Waals surface area contributed by atoms with Gasteiger partial charge in [0.15, 0.2) is 0 Å². The molecule has 0 saturated heterocycles. The Bertz CT molecular complexity index is 1280. The molecule has 4 rings (SSSR count). The summed E-state index contributed by atoms with van der Waals surface area (Å²) < 4.78 is 16.7. The van der Waals surface area contributed by atoms with Crippen LogP contribution in [0.4, 0.5) is 10.1 Å². The summed E-state index contributed by atoms with van der Waals surface area (Å²) in [6.45, 7) is 5.67. The number of benzene rings is 2. The summed E-state index contributed by atoms with van der Waals surface area (Å²) in [4.78, 5) is 17.7. The smallest absolute Gasteiger partial charge is 0.230 e. The normalized spacial score (nSPS) is 11.1. The van der Waals surface area contributed by atoms with Gasteiger partial charge in [0, 0.05) is 21.9 Å².